The van der Waals surface area contributed by atoms with Crippen molar-refractivity contribution < 1.29 is 9.59 Å². The molecule has 1 aromatic rings. The first-order valence-electron chi connectivity index (χ1n) is 4.91. The van der Waals surface area contributed by atoms with E-state index in [0.717, 1.165) is 0 Å². The predicted molar refractivity (Wildman–Crippen MR) is 65.2 cm³/mol. The van der Waals surface area contributed by atoms with Crippen LogP contribution in [0, 0.1) is 0 Å². The number of nitrogens with one attached hydrogen (secondary N) is 3. The first-order valence-corrected chi connectivity index (χ1v) is 5.28. The van der Waals surface area contributed by atoms with E-state index in [-0.39, 0.29) is 23.5 Å². The first-order chi connectivity index (χ1) is 8.06. The minimum atomic E-state index is -0.380. The van der Waals surface area contributed by atoms with Gasteiger partial charge in [-0.25, -0.2) is 4.98 Å². The van der Waals surface area contributed by atoms with E-state index in [1.54, 1.807) is 13.1 Å². The number of hydrogen-bond acceptors (Lipinski definition) is 4. The standard InChI is InChI=1S/C10H13ClN4O2/c1-12-8-4-6(3-7(11)15-8)10(17)14-5-9(16)13-2/h3-4H,5H2,1-2H3,(H,12,15)(H,13,16)(H,14,17). The van der Waals surface area contributed by atoms with Gasteiger partial charge in [-0.1, -0.05) is 11.6 Å². The molecule has 0 aromatic carbocycles. The molecule has 0 radical (unpaired) electrons. The molecule has 0 fully saturated rings. The molecule has 0 atom stereocenters. The number of rotatable bonds is 4. The Morgan fingerprint density at radius 3 is 2.65 bits per heavy atom. The summed E-state index contributed by atoms with van der Waals surface area (Å²) in [4.78, 5) is 26.6. The molecule has 92 valence electrons. The van der Waals surface area contributed by atoms with Crippen LogP contribution in [0.2, 0.25) is 5.15 Å². The molecule has 0 aliphatic heterocycles. The van der Waals surface area contributed by atoms with Gasteiger partial charge in [0.25, 0.3) is 5.91 Å². The fraction of sp³-hybridized carbons (Fsp3) is 0.300. The van der Waals surface area contributed by atoms with Gasteiger partial charge >= 0.3 is 0 Å². The number of halogens is 1. The minimum Gasteiger partial charge on any atom is -0.373 e. The van der Waals surface area contributed by atoms with Crippen molar-refractivity contribution in [3.8, 4) is 0 Å². The Bertz CT molecular complexity index is 436. The van der Waals surface area contributed by atoms with Crippen LogP contribution in [-0.2, 0) is 4.79 Å². The zero-order valence-corrected chi connectivity index (χ0v) is 10.3. The lowest BCUT2D eigenvalue weighted by atomic mass is 10.2. The third kappa shape index (κ3) is 3.92. The molecule has 0 unspecified atom stereocenters. The summed E-state index contributed by atoms with van der Waals surface area (Å²) in [6, 6.07) is 2.98. The SMILES string of the molecule is CNC(=O)CNC(=O)c1cc(Cl)nc(NC)c1. The maximum absolute atomic E-state index is 11.7. The molecule has 1 rings (SSSR count). The number of aromatic nitrogens is 1. The summed E-state index contributed by atoms with van der Waals surface area (Å²) in [7, 11) is 3.17. The van der Waals surface area contributed by atoms with E-state index in [1.165, 1.54) is 13.1 Å². The normalized spacial score (nSPS) is 9.59. The summed E-state index contributed by atoms with van der Waals surface area (Å²) in [6.45, 7) is -0.0792. The van der Waals surface area contributed by atoms with Gasteiger partial charge in [-0.05, 0) is 12.1 Å². The fourth-order valence-corrected chi connectivity index (χ4v) is 1.32. The van der Waals surface area contributed by atoms with Crippen molar-refractivity contribution in [3.05, 3.63) is 22.8 Å². The van der Waals surface area contributed by atoms with Gasteiger partial charge in [-0.2, -0.15) is 0 Å². The van der Waals surface area contributed by atoms with Gasteiger partial charge in [0.2, 0.25) is 5.91 Å². The molecule has 0 saturated carbocycles. The summed E-state index contributed by atoms with van der Waals surface area (Å²) in [5, 5.41) is 7.86. The highest BCUT2D eigenvalue weighted by Crippen LogP contribution is 2.13. The summed E-state index contributed by atoms with van der Waals surface area (Å²) >= 11 is 5.75. The Balaban J connectivity index is 2.74. The lowest BCUT2D eigenvalue weighted by molar-refractivity contribution is -0.119. The number of likely N-dealkylation sites (N-methyl/N-ethyl adjacent to an activating group) is 1. The second-order valence-corrected chi connectivity index (χ2v) is 3.56. The molecule has 0 aliphatic rings. The van der Waals surface area contributed by atoms with E-state index in [1.807, 2.05) is 0 Å². The molecule has 7 heteroatoms. The second-order valence-electron chi connectivity index (χ2n) is 3.17. The monoisotopic (exact) mass is 256 g/mol. The van der Waals surface area contributed by atoms with Crippen LogP contribution < -0.4 is 16.0 Å². The van der Waals surface area contributed by atoms with Crippen LogP contribution in [0.4, 0.5) is 5.82 Å². The molecule has 1 aromatic heterocycles. The van der Waals surface area contributed by atoms with Crippen LogP contribution in [0.3, 0.4) is 0 Å². The van der Waals surface area contributed by atoms with E-state index in [0.29, 0.717) is 11.4 Å². The summed E-state index contributed by atoms with van der Waals surface area (Å²) in [6.07, 6.45) is 0. The number of carbonyl (C=O) groups excluding carboxylic acids is 2. The maximum atomic E-state index is 11.7. The van der Waals surface area contributed by atoms with Crippen molar-refractivity contribution in [2.45, 2.75) is 0 Å². The van der Waals surface area contributed by atoms with E-state index in [2.05, 4.69) is 20.9 Å². The molecule has 0 bridgehead atoms. The van der Waals surface area contributed by atoms with Crippen LogP contribution in [0.1, 0.15) is 10.4 Å². The van der Waals surface area contributed by atoms with Gasteiger partial charge in [0.15, 0.2) is 0 Å². The van der Waals surface area contributed by atoms with Crippen LogP contribution in [0.15, 0.2) is 12.1 Å². The molecule has 17 heavy (non-hydrogen) atoms. The Labute approximate surface area is 104 Å². The van der Waals surface area contributed by atoms with Crippen molar-refractivity contribution in [1.29, 1.82) is 0 Å². The van der Waals surface area contributed by atoms with Crippen molar-refractivity contribution in [3.63, 3.8) is 0 Å². The minimum absolute atomic E-state index is 0.0792. The van der Waals surface area contributed by atoms with E-state index >= 15 is 0 Å². The summed E-state index contributed by atoms with van der Waals surface area (Å²) < 4.78 is 0. The number of nitrogens with zero attached hydrogens (tertiary/aromatic N) is 1. The Kier molecular flexibility index (Phi) is 4.71. The third-order valence-corrected chi connectivity index (χ3v) is 2.19. The lowest BCUT2D eigenvalue weighted by Gasteiger charge is -2.06. The van der Waals surface area contributed by atoms with Crippen molar-refractivity contribution in [2.24, 2.45) is 0 Å². The zero-order chi connectivity index (χ0) is 12.8. The second kappa shape index (κ2) is 6.05. The highest BCUT2D eigenvalue weighted by molar-refractivity contribution is 6.29. The molecule has 0 spiro atoms. The van der Waals surface area contributed by atoms with Crippen LogP contribution in [-0.4, -0.2) is 37.4 Å². The average molecular weight is 257 g/mol. The molecular weight excluding hydrogens is 244 g/mol. The number of anilines is 1. The van der Waals surface area contributed by atoms with Gasteiger partial charge in [0.05, 0.1) is 6.54 Å². The number of amides is 2. The fourth-order valence-electron chi connectivity index (χ4n) is 1.11. The number of hydrogen-bond donors (Lipinski definition) is 3. The van der Waals surface area contributed by atoms with E-state index in [4.69, 9.17) is 11.6 Å². The van der Waals surface area contributed by atoms with Crippen molar-refractivity contribution in [2.75, 3.05) is 26.0 Å². The smallest absolute Gasteiger partial charge is 0.251 e. The maximum Gasteiger partial charge on any atom is 0.251 e. The van der Waals surface area contributed by atoms with Gasteiger partial charge in [-0.3, -0.25) is 9.59 Å². The van der Waals surface area contributed by atoms with E-state index < -0.39 is 0 Å². The molecule has 3 N–H and O–H groups in total. The molecule has 1 heterocycles. The third-order valence-electron chi connectivity index (χ3n) is 2.00. The quantitative estimate of drug-likeness (QED) is 0.675. The molecule has 0 saturated heterocycles. The molecule has 0 aliphatic carbocycles. The van der Waals surface area contributed by atoms with Crippen molar-refractivity contribution in [1.82, 2.24) is 15.6 Å². The molecule has 6 nitrogen and oxygen atoms in total. The number of pyridine rings is 1. The highest BCUT2D eigenvalue weighted by Gasteiger charge is 2.09. The van der Waals surface area contributed by atoms with Crippen LogP contribution in [0.5, 0.6) is 0 Å². The van der Waals surface area contributed by atoms with Crippen LogP contribution in [0.25, 0.3) is 0 Å². The highest BCUT2D eigenvalue weighted by atomic mass is 35.5. The van der Waals surface area contributed by atoms with E-state index in [9.17, 15) is 9.59 Å². The Hall–Kier alpha value is -1.82. The van der Waals surface area contributed by atoms with Crippen LogP contribution >= 0.6 is 11.6 Å². The molecule has 2 amide bonds. The Morgan fingerprint density at radius 2 is 2.06 bits per heavy atom. The zero-order valence-electron chi connectivity index (χ0n) is 9.50. The van der Waals surface area contributed by atoms with Gasteiger partial charge in [0.1, 0.15) is 11.0 Å². The predicted octanol–water partition coefficient (Wildman–Crippen LogP) is 0.252. The van der Waals surface area contributed by atoms with Gasteiger partial charge in [0, 0.05) is 19.7 Å². The lowest BCUT2D eigenvalue weighted by Crippen LogP contribution is -2.35. The van der Waals surface area contributed by atoms with Crippen molar-refractivity contribution >= 4 is 29.2 Å². The largest absolute Gasteiger partial charge is 0.373 e. The average Bonchev–Trinajstić information content (AvgIpc) is 2.34. The summed E-state index contributed by atoms with van der Waals surface area (Å²) in [5.74, 6) is -0.163. The van der Waals surface area contributed by atoms with Gasteiger partial charge in [-0.15, -0.1) is 0 Å². The Morgan fingerprint density at radius 1 is 1.35 bits per heavy atom. The molecular formula is C10H13ClN4O2. The first kappa shape index (κ1) is 13.2. The summed E-state index contributed by atoms with van der Waals surface area (Å²) in [5.41, 5.74) is 0.346. The topological polar surface area (TPSA) is 83.1 Å². The number of carbonyl (C=O) groups is 2. The van der Waals surface area contributed by atoms with Gasteiger partial charge < -0.3 is 16.0 Å².